The van der Waals surface area contributed by atoms with Crippen LogP contribution in [0.15, 0.2) is 50.5 Å². The minimum Gasteiger partial charge on any atom is -0.507 e. The van der Waals surface area contributed by atoms with Gasteiger partial charge in [-0.3, -0.25) is 4.72 Å². The van der Waals surface area contributed by atoms with Gasteiger partial charge in [-0.15, -0.1) is 0 Å². The standard InChI is InChI=1S/C27H27Cl2NO6S/c28-17-13-20(29)26(32)22(14-17)37(34,35)30-18-7-5-6-16(12-18)23(15-10-11-15)24-25(31)19-8-3-1-2-4-9-21(19)36-27(24)33/h5-7,12-15,23,30-32H,1-4,8-11H2. The molecule has 10 heteroatoms. The van der Waals surface area contributed by atoms with E-state index >= 15 is 0 Å². The number of benzene rings is 2. The second-order valence-electron chi connectivity index (χ2n) is 9.75. The highest BCUT2D eigenvalue weighted by Crippen LogP contribution is 2.49. The zero-order valence-electron chi connectivity index (χ0n) is 20.0. The van der Waals surface area contributed by atoms with Crippen molar-refractivity contribution in [2.45, 2.75) is 62.2 Å². The first-order valence-corrected chi connectivity index (χ1v) is 14.6. The highest BCUT2D eigenvalue weighted by molar-refractivity contribution is 7.92. The van der Waals surface area contributed by atoms with E-state index in [0.717, 1.165) is 44.6 Å². The van der Waals surface area contributed by atoms with Gasteiger partial charge in [-0.2, -0.15) is 0 Å². The molecule has 1 fully saturated rings. The van der Waals surface area contributed by atoms with Crippen LogP contribution in [0.25, 0.3) is 0 Å². The number of rotatable bonds is 6. The van der Waals surface area contributed by atoms with Crippen LogP contribution in [0.5, 0.6) is 11.5 Å². The van der Waals surface area contributed by atoms with E-state index in [4.69, 9.17) is 27.6 Å². The van der Waals surface area contributed by atoms with Gasteiger partial charge in [0.2, 0.25) is 0 Å². The van der Waals surface area contributed by atoms with Crippen molar-refractivity contribution < 1.29 is 23.0 Å². The maximum absolute atomic E-state index is 13.2. The second kappa shape index (κ2) is 10.2. The molecule has 0 saturated heterocycles. The van der Waals surface area contributed by atoms with Gasteiger partial charge < -0.3 is 14.6 Å². The average molecular weight is 564 g/mol. The summed E-state index contributed by atoms with van der Waals surface area (Å²) < 4.78 is 34.3. The highest BCUT2D eigenvalue weighted by atomic mass is 35.5. The number of phenols is 1. The summed E-state index contributed by atoms with van der Waals surface area (Å²) in [6, 6.07) is 9.06. The van der Waals surface area contributed by atoms with E-state index in [0.29, 0.717) is 29.7 Å². The number of aromatic hydroxyl groups is 2. The van der Waals surface area contributed by atoms with Crippen LogP contribution in [0.2, 0.25) is 10.0 Å². The predicted octanol–water partition coefficient (Wildman–Crippen LogP) is 6.36. The van der Waals surface area contributed by atoms with Crippen molar-refractivity contribution >= 4 is 38.9 Å². The van der Waals surface area contributed by atoms with Crippen LogP contribution >= 0.6 is 23.2 Å². The number of anilines is 1. The van der Waals surface area contributed by atoms with Crippen LogP contribution in [-0.4, -0.2) is 18.6 Å². The first-order valence-electron chi connectivity index (χ1n) is 12.3. The molecule has 2 aliphatic rings. The Labute approximate surface area is 225 Å². The molecule has 2 aliphatic carbocycles. The van der Waals surface area contributed by atoms with Gasteiger partial charge in [0, 0.05) is 28.6 Å². The Hall–Kier alpha value is -2.68. The van der Waals surface area contributed by atoms with Gasteiger partial charge in [0.05, 0.1) is 10.6 Å². The average Bonchev–Trinajstić information content (AvgIpc) is 3.65. The summed E-state index contributed by atoms with van der Waals surface area (Å²) in [7, 11) is -4.24. The Morgan fingerprint density at radius 3 is 2.43 bits per heavy atom. The van der Waals surface area contributed by atoms with Gasteiger partial charge in [-0.1, -0.05) is 48.2 Å². The third-order valence-electron chi connectivity index (χ3n) is 7.08. The normalized spacial score (nSPS) is 16.9. The van der Waals surface area contributed by atoms with Crippen LogP contribution in [0.1, 0.15) is 66.9 Å². The van der Waals surface area contributed by atoms with Crippen molar-refractivity contribution in [1.82, 2.24) is 0 Å². The minimum absolute atomic E-state index is 0.00882. The lowest BCUT2D eigenvalue weighted by atomic mass is 9.85. The van der Waals surface area contributed by atoms with Crippen LogP contribution in [0.4, 0.5) is 5.69 Å². The molecule has 37 heavy (non-hydrogen) atoms. The molecule has 1 heterocycles. The summed E-state index contributed by atoms with van der Waals surface area (Å²) in [4.78, 5) is 12.7. The largest absolute Gasteiger partial charge is 0.507 e. The quantitative estimate of drug-likeness (QED) is 0.321. The van der Waals surface area contributed by atoms with Crippen molar-refractivity contribution in [1.29, 1.82) is 0 Å². The summed E-state index contributed by atoms with van der Waals surface area (Å²) in [6.07, 6.45) is 7.00. The topological polar surface area (TPSA) is 117 Å². The number of sulfonamides is 1. The van der Waals surface area contributed by atoms with Crippen molar-refractivity contribution in [3.63, 3.8) is 0 Å². The number of halogens is 2. The number of nitrogens with one attached hydrogen (secondary N) is 1. The molecule has 0 amide bonds. The Bertz CT molecular complexity index is 1510. The first kappa shape index (κ1) is 25.9. The van der Waals surface area contributed by atoms with Crippen molar-refractivity contribution in [3.05, 3.63) is 79.3 Å². The number of phenolic OH excluding ortho intramolecular Hbond substituents is 1. The van der Waals surface area contributed by atoms with Crippen molar-refractivity contribution in [2.75, 3.05) is 4.72 Å². The molecule has 1 aromatic heterocycles. The van der Waals surface area contributed by atoms with E-state index < -0.39 is 32.2 Å². The molecule has 196 valence electrons. The predicted molar refractivity (Wildman–Crippen MR) is 142 cm³/mol. The van der Waals surface area contributed by atoms with Gasteiger partial charge >= 0.3 is 5.63 Å². The number of hydrogen-bond acceptors (Lipinski definition) is 6. The van der Waals surface area contributed by atoms with Gasteiger partial charge in [0.25, 0.3) is 10.0 Å². The summed E-state index contributed by atoms with van der Waals surface area (Å²) in [5, 5.41) is 21.4. The summed E-state index contributed by atoms with van der Waals surface area (Å²) in [6.45, 7) is 0. The van der Waals surface area contributed by atoms with Crippen molar-refractivity contribution in [3.8, 4) is 11.5 Å². The molecule has 1 unspecified atom stereocenters. The molecule has 3 aromatic rings. The molecule has 7 nitrogen and oxygen atoms in total. The third kappa shape index (κ3) is 5.33. The summed E-state index contributed by atoms with van der Waals surface area (Å²) in [5.74, 6) is -0.334. The molecule has 0 bridgehead atoms. The van der Waals surface area contributed by atoms with Gasteiger partial charge in [-0.05, 0) is 67.9 Å². The van der Waals surface area contributed by atoms with Gasteiger partial charge in [0.1, 0.15) is 16.4 Å². The number of hydrogen-bond donors (Lipinski definition) is 3. The Kier molecular flexibility index (Phi) is 7.18. The fourth-order valence-electron chi connectivity index (χ4n) is 5.15. The summed E-state index contributed by atoms with van der Waals surface area (Å²) in [5.41, 5.74) is 1.32. The molecule has 0 aliphatic heterocycles. The number of aryl methyl sites for hydroxylation is 1. The third-order valence-corrected chi connectivity index (χ3v) is 8.98. The molecule has 0 spiro atoms. The highest BCUT2D eigenvalue weighted by Gasteiger charge is 2.38. The molecule has 1 atom stereocenters. The molecule has 5 rings (SSSR count). The fraction of sp³-hybridized carbons (Fsp3) is 0.370. The molecule has 2 aromatic carbocycles. The van der Waals surface area contributed by atoms with E-state index in [9.17, 15) is 23.4 Å². The van der Waals surface area contributed by atoms with Crippen LogP contribution < -0.4 is 10.3 Å². The minimum atomic E-state index is -4.24. The maximum atomic E-state index is 13.2. The lowest BCUT2D eigenvalue weighted by Gasteiger charge is -2.22. The Balaban J connectivity index is 1.53. The van der Waals surface area contributed by atoms with E-state index in [-0.39, 0.29) is 33.0 Å². The fourth-order valence-corrected chi connectivity index (χ4v) is 6.96. The van der Waals surface area contributed by atoms with E-state index in [2.05, 4.69) is 4.72 Å². The Morgan fingerprint density at radius 2 is 1.70 bits per heavy atom. The van der Waals surface area contributed by atoms with Crippen LogP contribution in [0.3, 0.4) is 0 Å². The van der Waals surface area contributed by atoms with Crippen molar-refractivity contribution in [2.24, 2.45) is 5.92 Å². The van der Waals surface area contributed by atoms with E-state index in [1.165, 1.54) is 6.07 Å². The maximum Gasteiger partial charge on any atom is 0.343 e. The summed E-state index contributed by atoms with van der Waals surface area (Å²) >= 11 is 11.9. The van der Waals surface area contributed by atoms with E-state index in [1.54, 1.807) is 18.2 Å². The smallest absolute Gasteiger partial charge is 0.343 e. The van der Waals surface area contributed by atoms with Crippen LogP contribution in [-0.2, 0) is 22.9 Å². The SMILES string of the molecule is O=c1oc2c(c(O)c1C(c1cccc(NS(=O)(=O)c3cc(Cl)cc(Cl)c3O)c1)C1CC1)CCCCCC2. The second-order valence-corrected chi connectivity index (χ2v) is 12.2. The lowest BCUT2D eigenvalue weighted by Crippen LogP contribution is -2.19. The molecule has 1 saturated carbocycles. The zero-order chi connectivity index (χ0) is 26.3. The van der Waals surface area contributed by atoms with Gasteiger partial charge in [-0.25, -0.2) is 13.2 Å². The van der Waals surface area contributed by atoms with Crippen LogP contribution in [0, 0.1) is 5.92 Å². The first-order chi connectivity index (χ1) is 17.7. The lowest BCUT2D eigenvalue weighted by molar-refractivity contribution is 0.382. The molecule has 0 radical (unpaired) electrons. The van der Waals surface area contributed by atoms with E-state index in [1.807, 2.05) is 6.07 Å². The number of fused-ring (bicyclic) bond motifs is 1. The molecule has 3 N–H and O–H groups in total. The molecular formula is C27H27Cl2NO6S. The monoisotopic (exact) mass is 563 g/mol. The Morgan fingerprint density at radius 1 is 0.973 bits per heavy atom. The zero-order valence-corrected chi connectivity index (χ0v) is 22.3. The van der Waals surface area contributed by atoms with Gasteiger partial charge in [0.15, 0.2) is 5.75 Å². The molecular weight excluding hydrogens is 537 g/mol.